The average molecular weight is 421 g/mol. The third-order valence-corrected chi connectivity index (χ3v) is 4.03. The smallest absolute Gasteiger partial charge is 0.408 e. The number of aliphatic hydroxyl groups excluding tert-OH is 1. The largest absolute Gasteiger partial charge is 0.444 e. The number of aldehydes is 1. The fourth-order valence-electron chi connectivity index (χ4n) is 2.68. The number of aliphatic hydroxyl groups is 1. The molecule has 0 aliphatic carbocycles. The Balaban J connectivity index is 3.08. The van der Waals surface area contributed by atoms with E-state index in [4.69, 9.17) is 4.74 Å². The van der Waals surface area contributed by atoms with E-state index in [0.717, 1.165) is 0 Å². The van der Waals surface area contributed by atoms with Crippen LogP contribution in [0.15, 0.2) is 30.3 Å². The fraction of sp³-hybridized carbons (Fsp3) is 0.524. The van der Waals surface area contributed by atoms with Crippen molar-refractivity contribution in [3.05, 3.63) is 35.9 Å². The van der Waals surface area contributed by atoms with Crippen LogP contribution in [0.3, 0.4) is 0 Å². The highest BCUT2D eigenvalue weighted by Crippen LogP contribution is 2.21. The van der Waals surface area contributed by atoms with Gasteiger partial charge in [0.2, 0.25) is 11.8 Å². The summed E-state index contributed by atoms with van der Waals surface area (Å²) < 4.78 is 5.17. The van der Waals surface area contributed by atoms with E-state index >= 15 is 0 Å². The number of ether oxygens (including phenoxy) is 1. The first-order valence-electron chi connectivity index (χ1n) is 9.69. The van der Waals surface area contributed by atoms with E-state index in [-0.39, 0.29) is 0 Å². The van der Waals surface area contributed by atoms with Crippen molar-refractivity contribution in [1.29, 1.82) is 0 Å². The third kappa shape index (κ3) is 8.20. The first-order valence-corrected chi connectivity index (χ1v) is 9.69. The molecule has 0 aliphatic rings. The van der Waals surface area contributed by atoms with Gasteiger partial charge in [0.05, 0.1) is 18.7 Å². The molecule has 0 aliphatic heterocycles. The highest BCUT2D eigenvalue weighted by atomic mass is 16.6. The Morgan fingerprint density at radius 3 is 2.23 bits per heavy atom. The van der Waals surface area contributed by atoms with Gasteiger partial charge in [-0.1, -0.05) is 30.3 Å². The molecule has 0 aromatic heterocycles. The van der Waals surface area contributed by atoms with Gasteiger partial charge in [-0.05, 0) is 40.2 Å². The second-order valence-corrected chi connectivity index (χ2v) is 7.94. The molecule has 3 amide bonds. The maximum Gasteiger partial charge on any atom is 0.408 e. The normalized spacial score (nSPS) is 14.1. The Hall–Kier alpha value is -2.94. The number of amides is 3. The summed E-state index contributed by atoms with van der Waals surface area (Å²) in [7, 11) is 0. The van der Waals surface area contributed by atoms with Crippen LogP contribution in [0.25, 0.3) is 0 Å². The topological polar surface area (TPSA) is 125 Å². The van der Waals surface area contributed by atoms with Gasteiger partial charge in [0, 0.05) is 0 Å². The molecule has 0 spiro atoms. The molecule has 9 nitrogen and oxygen atoms in total. The first kappa shape index (κ1) is 25.1. The van der Waals surface area contributed by atoms with Crippen LogP contribution in [0, 0.1) is 0 Å². The summed E-state index contributed by atoms with van der Waals surface area (Å²) in [4.78, 5) is 49.5. The van der Waals surface area contributed by atoms with Gasteiger partial charge >= 0.3 is 6.09 Å². The van der Waals surface area contributed by atoms with E-state index in [1.807, 2.05) is 0 Å². The molecule has 0 heterocycles. The van der Waals surface area contributed by atoms with E-state index in [1.54, 1.807) is 51.1 Å². The number of carbonyl (C=O) groups excluding carboxylic acids is 4. The minimum Gasteiger partial charge on any atom is -0.444 e. The van der Waals surface area contributed by atoms with E-state index in [2.05, 4.69) is 10.6 Å². The molecular formula is C21H31N3O6. The van der Waals surface area contributed by atoms with Gasteiger partial charge in [-0.15, -0.1) is 0 Å². The van der Waals surface area contributed by atoms with Crippen LogP contribution in [0.4, 0.5) is 4.79 Å². The molecule has 0 saturated carbocycles. The number of nitrogens with zero attached hydrogens (tertiary/aromatic N) is 1. The Kier molecular flexibility index (Phi) is 9.45. The predicted molar refractivity (Wildman–Crippen MR) is 110 cm³/mol. The monoisotopic (exact) mass is 421 g/mol. The van der Waals surface area contributed by atoms with Gasteiger partial charge in [-0.25, -0.2) is 4.79 Å². The van der Waals surface area contributed by atoms with Crippen LogP contribution in [0.1, 0.15) is 46.2 Å². The van der Waals surface area contributed by atoms with Gasteiger partial charge in [0.25, 0.3) is 0 Å². The van der Waals surface area contributed by atoms with Crippen LogP contribution in [-0.2, 0) is 19.1 Å². The van der Waals surface area contributed by atoms with Crippen LogP contribution in [-0.4, -0.2) is 65.0 Å². The molecule has 1 aromatic rings. The maximum atomic E-state index is 13.1. The van der Waals surface area contributed by atoms with Crippen molar-refractivity contribution in [3.8, 4) is 0 Å². The van der Waals surface area contributed by atoms with E-state index in [9.17, 15) is 24.3 Å². The Morgan fingerprint density at radius 2 is 1.73 bits per heavy atom. The zero-order valence-corrected chi connectivity index (χ0v) is 18.0. The predicted octanol–water partition coefficient (Wildman–Crippen LogP) is 1.17. The van der Waals surface area contributed by atoms with Gasteiger partial charge in [0.1, 0.15) is 24.5 Å². The molecule has 3 N–H and O–H groups in total. The molecule has 1 rings (SSSR count). The lowest BCUT2D eigenvalue weighted by Gasteiger charge is -2.33. The zero-order chi connectivity index (χ0) is 22.9. The molecule has 0 fully saturated rings. The molecule has 0 radical (unpaired) electrons. The van der Waals surface area contributed by atoms with Crippen molar-refractivity contribution >= 4 is 24.2 Å². The van der Waals surface area contributed by atoms with Gasteiger partial charge < -0.3 is 30.2 Å². The molecule has 30 heavy (non-hydrogen) atoms. The van der Waals surface area contributed by atoms with Crippen LogP contribution >= 0.6 is 0 Å². The number of hydrogen-bond acceptors (Lipinski definition) is 6. The third-order valence-electron chi connectivity index (χ3n) is 4.03. The average Bonchev–Trinajstić information content (AvgIpc) is 2.66. The summed E-state index contributed by atoms with van der Waals surface area (Å²) in [6, 6.07) is 6.16. The Morgan fingerprint density at radius 1 is 1.13 bits per heavy atom. The number of alkyl carbamates (subject to hydrolysis) is 1. The van der Waals surface area contributed by atoms with Gasteiger partial charge in [0.15, 0.2) is 0 Å². The highest BCUT2D eigenvalue weighted by molar-refractivity contribution is 5.90. The summed E-state index contributed by atoms with van der Waals surface area (Å²) >= 11 is 0. The summed E-state index contributed by atoms with van der Waals surface area (Å²) in [5.41, 5.74) is -0.122. The molecular weight excluding hydrogens is 390 g/mol. The molecule has 0 saturated heterocycles. The van der Waals surface area contributed by atoms with Crippen molar-refractivity contribution in [2.75, 3.05) is 13.2 Å². The molecule has 1 aromatic carbocycles. The van der Waals surface area contributed by atoms with E-state index in [0.29, 0.717) is 11.8 Å². The number of hydrogen-bond donors (Lipinski definition) is 3. The SMILES string of the molecule is C[C@H](NC(=O)OC(C)(C)C)C(=O)N(CC(=O)N[C@@H](C)C=O)C(CO)c1ccccc1. The molecule has 1 unspecified atom stereocenters. The molecule has 0 bridgehead atoms. The second-order valence-electron chi connectivity index (χ2n) is 7.94. The van der Waals surface area contributed by atoms with Crippen LogP contribution in [0.5, 0.6) is 0 Å². The fourth-order valence-corrected chi connectivity index (χ4v) is 2.68. The van der Waals surface area contributed by atoms with Gasteiger partial charge in [-0.2, -0.15) is 0 Å². The number of rotatable bonds is 9. The lowest BCUT2D eigenvalue weighted by molar-refractivity contribution is -0.141. The van der Waals surface area contributed by atoms with Crippen LogP contribution < -0.4 is 10.6 Å². The van der Waals surface area contributed by atoms with Crippen molar-refractivity contribution < 1.29 is 29.0 Å². The quantitative estimate of drug-likeness (QED) is 0.514. The molecule has 166 valence electrons. The zero-order valence-electron chi connectivity index (χ0n) is 18.0. The first-order chi connectivity index (χ1) is 14.0. The standard InChI is InChI=1S/C21H31N3O6/c1-14(12-25)22-18(27)11-24(17(13-26)16-9-7-6-8-10-16)19(28)15(2)23-20(29)30-21(3,4)5/h6-10,12,14-15,17,26H,11,13H2,1-5H3,(H,22,27)(H,23,29)/t14-,15-,17?/m0/s1. The lowest BCUT2D eigenvalue weighted by Crippen LogP contribution is -2.53. The lowest BCUT2D eigenvalue weighted by atomic mass is 10.0. The minimum atomic E-state index is -1.02. The number of benzene rings is 1. The van der Waals surface area contributed by atoms with E-state index < -0.39 is 54.8 Å². The summed E-state index contributed by atoms with van der Waals surface area (Å²) in [6.45, 7) is 7.21. The molecule has 9 heteroatoms. The second kappa shape index (κ2) is 11.3. The number of carbonyl (C=O) groups is 4. The van der Waals surface area contributed by atoms with E-state index in [1.165, 1.54) is 18.7 Å². The number of nitrogens with one attached hydrogen (secondary N) is 2. The van der Waals surface area contributed by atoms with Crippen molar-refractivity contribution in [3.63, 3.8) is 0 Å². The van der Waals surface area contributed by atoms with Crippen molar-refractivity contribution in [2.45, 2.75) is 58.3 Å². The maximum absolute atomic E-state index is 13.1. The van der Waals surface area contributed by atoms with Crippen molar-refractivity contribution in [1.82, 2.24) is 15.5 Å². The summed E-state index contributed by atoms with van der Waals surface area (Å²) in [5.74, 6) is -1.15. The molecule has 3 atom stereocenters. The summed E-state index contributed by atoms with van der Waals surface area (Å²) in [6.07, 6.45) is -0.208. The van der Waals surface area contributed by atoms with Crippen molar-refractivity contribution in [2.24, 2.45) is 0 Å². The Labute approximate surface area is 176 Å². The van der Waals surface area contributed by atoms with Gasteiger partial charge in [-0.3, -0.25) is 9.59 Å². The van der Waals surface area contributed by atoms with Crippen LogP contribution in [0.2, 0.25) is 0 Å². The minimum absolute atomic E-state index is 0.405. The highest BCUT2D eigenvalue weighted by Gasteiger charge is 2.31. The Bertz CT molecular complexity index is 732. The summed E-state index contributed by atoms with van der Waals surface area (Å²) in [5, 5.41) is 14.9.